The van der Waals surface area contributed by atoms with Crippen LogP contribution in [0, 0.1) is 17.8 Å². The number of hydrogen-bond donors (Lipinski definition) is 1. The van der Waals surface area contributed by atoms with Crippen LogP contribution < -0.4 is 4.72 Å². The van der Waals surface area contributed by atoms with Gasteiger partial charge in [-0.3, -0.25) is 0 Å². The summed E-state index contributed by atoms with van der Waals surface area (Å²) in [6.45, 7) is 0.618. The van der Waals surface area contributed by atoms with Crippen molar-refractivity contribution in [2.45, 2.75) is 29.9 Å². The summed E-state index contributed by atoms with van der Waals surface area (Å²) in [5, 5.41) is 0. The van der Waals surface area contributed by atoms with Gasteiger partial charge in [-0.15, -0.1) is 11.3 Å². The van der Waals surface area contributed by atoms with Gasteiger partial charge in [0.15, 0.2) is 0 Å². The maximum atomic E-state index is 12.1. The van der Waals surface area contributed by atoms with Crippen LogP contribution in [0.5, 0.6) is 0 Å². The molecule has 0 aromatic carbocycles. The third-order valence-corrected chi connectivity index (χ3v) is 7.32. The van der Waals surface area contributed by atoms with Gasteiger partial charge in [0.2, 0.25) is 10.0 Å². The molecule has 1 aromatic heterocycles. The predicted molar refractivity (Wildman–Crippen MR) is 76.1 cm³/mol. The summed E-state index contributed by atoms with van der Waals surface area (Å²) in [6.07, 6.45) is 5.14. The molecule has 18 heavy (non-hydrogen) atoms. The molecule has 3 rings (SSSR count). The third kappa shape index (κ3) is 2.98. The fourth-order valence-electron chi connectivity index (χ4n) is 2.49. The van der Waals surface area contributed by atoms with Gasteiger partial charge in [-0.05, 0) is 71.5 Å². The lowest BCUT2D eigenvalue weighted by molar-refractivity contribution is 0.402. The molecule has 1 heterocycles. The maximum Gasteiger partial charge on any atom is 0.250 e. The number of rotatable bonds is 6. The van der Waals surface area contributed by atoms with Gasteiger partial charge < -0.3 is 0 Å². The first kappa shape index (κ1) is 13.1. The van der Waals surface area contributed by atoms with Crippen LogP contribution in [0.25, 0.3) is 0 Å². The van der Waals surface area contributed by atoms with Crippen molar-refractivity contribution >= 4 is 37.3 Å². The SMILES string of the molecule is O=S(=O)(NCC(C1CC1)C1CC1)c1ccc(Br)s1. The molecular weight excluding hydrogens is 334 g/mol. The van der Waals surface area contributed by atoms with E-state index in [1.807, 2.05) is 0 Å². The number of thiophene rings is 1. The summed E-state index contributed by atoms with van der Waals surface area (Å²) in [6, 6.07) is 3.43. The van der Waals surface area contributed by atoms with Crippen LogP contribution in [-0.2, 0) is 10.0 Å². The largest absolute Gasteiger partial charge is 0.250 e. The Hall–Kier alpha value is 0.0900. The summed E-state index contributed by atoms with van der Waals surface area (Å²) >= 11 is 4.56. The van der Waals surface area contributed by atoms with Crippen LogP contribution in [-0.4, -0.2) is 15.0 Å². The molecule has 0 unspecified atom stereocenters. The van der Waals surface area contributed by atoms with E-state index >= 15 is 0 Å². The first-order valence-corrected chi connectivity index (χ1v) is 9.40. The summed E-state index contributed by atoms with van der Waals surface area (Å²) < 4.78 is 28.3. The van der Waals surface area contributed by atoms with Crippen LogP contribution in [0.3, 0.4) is 0 Å². The molecule has 0 radical (unpaired) electrons. The van der Waals surface area contributed by atoms with Crippen molar-refractivity contribution in [3.63, 3.8) is 0 Å². The van der Waals surface area contributed by atoms with E-state index in [-0.39, 0.29) is 0 Å². The molecule has 0 spiro atoms. The topological polar surface area (TPSA) is 46.2 Å². The van der Waals surface area contributed by atoms with E-state index in [0.717, 1.165) is 15.6 Å². The summed E-state index contributed by atoms with van der Waals surface area (Å²) in [5.41, 5.74) is 0. The molecule has 100 valence electrons. The zero-order valence-electron chi connectivity index (χ0n) is 9.93. The molecule has 2 aliphatic carbocycles. The third-order valence-electron chi connectivity index (χ3n) is 3.78. The first-order valence-electron chi connectivity index (χ1n) is 6.31. The zero-order chi connectivity index (χ0) is 12.8. The van der Waals surface area contributed by atoms with E-state index in [2.05, 4.69) is 20.7 Å². The van der Waals surface area contributed by atoms with Crippen molar-refractivity contribution in [1.82, 2.24) is 4.72 Å². The van der Waals surface area contributed by atoms with E-state index in [9.17, 15) is 8.42 Å². The minimum Gasteiger partial charge on any atom is -0.210 e. The van der Waals surface area contributed by atoms with Crippen LogP contribution in [0.15, 0.2) is 20.1 Å². The van der Waals surface area contributed by atoms with Gasteiger partial charge in [0, 0.05) is 6.54 Å². The van der Waals surface area contributed by atoms with E-state index in [1.54, 1.807) is 12.1 Å². The van der Waals surface area contributed by atoms with Crippen LogP contribution in [0.4, 0.5) is 0 Å². The molecule has 1 N–H and O–H groups in total. The molecule has 0 bridgehead atoms. The fourth-order valence-corrected chi connectivity index (χ4v) is 5.61. The van der Waals surface area contributed by atoms with E-state index in [1.165, 1.54) is 37.0 Å². The number of nitrogens with one attached hydrogen (secondary N) is 1. The summed E-state index contributed by atoms with van der Waals surface area (Å²) in [5.74, 6) is 2.12. The van der Waals surface area contributed by atoms with Crippen molar-refractivity contribution in [2.24, 2.45) is 17.8 Å². The standard InChI is InChI=1S/C12H16BrNO2S2/c13-11-5-6-12(17-11)18(15,16)14-7-10(8-1-2-8)9-3-4-9/h5-6,8-10,14H,1-4,7H2. The first-order chi connectivity index (χ1) is 8.56. The van der Waals surface area contributed by atoms with E-state index < -0.39 is 10.0 Å². The van der Waals surface area contributed by atoms with Gasteiger partial charge in [-0.1, -0.05) is 0 Å². The number of halogens is 1. The van der Waals surface area contributed by atoms with Gasteiger partial charge in [-0.2, -0.15) is 0 Å². The zero-order valence-corrected chi connectivity index (χ0v) is 13.2. The molecule has 6 heteroatoms. The van der Waals surface area contributed by atoms with Crippen LogP contribution in [0.1, 0.15) is 25.7 Å². The Bertz CT molecular complexity index is 520. The molecule has 3 nitrogen and oxygen atoms in total. The highest BCUT2D eigenvalue weighted by Gasteiger charge is 2.41. The maximum absolute atomic E-state index is 12.1. The minimum atomic E-state index is -3.31. The Morgan fingerprint density at radius 2 is 1.89 bits per heavy atom. The smallest absolute Gasteiger partial charge is 0.210 e. The predicted octanol–water partition coefficient (Wildman–Crippen LogP) is 3.23. The highest BCUT2D eigenvalue weighted by Crippen LogP contribution is 2.48. The second-order valence-electron chi connectivity index (χ2n) is 5.25. The average Bonchev–Trinajstić information content (AvgIpc) is 3.21. The van der Waals surface area contributed by atoms with Crippen LogP contribution in [0.2, 0.25) is 0 Å². The Morgan fingerprint density at radius 3 is 2.33 bits per heavy atom. The van der Waals surface area contributed by atoms with Crippen molar-refractivity contribution < 1.29 is 8.42 Å². The lowest BCUT2D eigenvalue weighted by Gasteiger charge is -2.15. The lowest BCUT2D eigenvalue weighted by Crippen LogP contribution is -2.30. The molecule has 0 aliphatic heterocycles. The van der Waals surface area contributed by atoms with Crippen LogP contribution >= 0.6 is 27.3 Å². The van der Waals surface area contributed by atoms with E-state index in [0.29, 0.717) is 16.7 Å². The quantitative estimate of drug-likeness (QED) is 0.856. The van der Waals surface area contributed by atoms with Crippen molar-refractivity contribution in [3.05, 3.63) is 15.9 Å². The number of sulfonamides is 1. The Kier molecular flexibility index (Phi) is 3.55. The second-order valence-corrected chi connectivity index (χ2v) is 9.71. The van der Waals surface area contributed by atoms with Crippen molar-refractivity contribution in [2.75, 3.05) is 6.54 Å². The molecule has 1 aromatic rings. The van der Waals surface area contributed by atoms with E-state index in [4.69, 9.17) is 0 Å². The Balaban J connectivity index is 1.64. The molecule has 2 aliphatic rings. The van der Waals surface area contributed by atoms with Gasteiger partial charge in [-0.25, -0.2) is 13.1 Å². The Labute approximate surface area is 120 Å². The average molecular weight is 350 g/mol. The Morgan fingerprint density at radius 1 is 1.28 bits per heavy atom. The lowest BCUT2D eigenvalue weighted by atomic mass is 9.99. The highest BCUT2D eigenvalue weighted by molar-refractivity contribution is 9.11. The number of hydrogen-bond acceptors (Lipinski definition) is 3. The van der Waals surface area contributed by atoms with Gasteiger partial charge in [0.05, 0.1) is 3.79 Å². The summed E-state index contributed by atoms with van der Waals surface area (Å²) in [4.78, 5) is 0. The highest BCUT2D eigenvalue weighted by atomic mass is 79.9. The van der Waals surface area contributed by atoms with Crippen molar-refractivity contribution in [3.8, 4) is 0 Å². The molecule has 2 fully saturated rings. The summed E-state index contributed by atoms with van der Waals surface area (Å²) in [7, 11) is -3.31. The normalized spacial score (nSPS) is 20.6. The van der Waals surface area contributed by atoms with Gasteiger partial charge in [0.25, 0.3) is 0 Å². The van der Waals surface area contributed by atoms with Gasteiger partial charge >= 0.3 is 0 Å². The van der Waals surface area contributed by atoms with Crippen molar-refractivity contribution in [1.29, 1.82) is 0 Å². The minimum absolute atomic E-state index is 0.403. The van der Waals surface area contributed by atoms with Gasteiger partial charge in [0.1, 0.15) is 4.21 Å². The molecular formula is C12H16BrNO2S2. The molecule has 0 amide bonds. The fraction of sp³-hybridized carbons (Fsp3) is 0.667. The molecule has 2 saturated carbocycles. The monoisotopic (exact) mass is 349 g/mol. The molecule has 0 saturated heterocycles. The second kappa shape index (κ2) is 4.89. The molecule has 0 atom stereocenters.